The number of ether oxygens (including phenoxy) is 2. The van der Waals surface area contributed by atoms with Crippen molar-refractivity contribution < 1.29 is 18.8 Å². The molecule has 0 bridgehead atoms. The Morgan fingerprint density at radius 2 is 1.38 bits per heavy atom. The Morgan fingerprint density at radius 1 is 0.792 bits per heavy atom. The second-order valence-corrected chi connectivity index (χ2v) is 7.50. The van der Waals surface area contributed by atoms with E-state index in [-0.39, 0.29) is 5.97 Å². The van der Waals surface area contributed by atoms with E-state index < -0.39 is 0 Å². The van der Waals surface area contributed by atoms with Crippen LogP contribution in [-0.2, 0) is 14.3 Å². The lowest BCUT2D eigenvalue weighted by Gasteiger charge is -2.28. The maximum absolute atomic E-state index is 11.7. The number of carbonyl (C=O) groups excluding carboxylic acids is 1. The topological polar surface area (TPSA) is 35.5 Å². The van der Waals surface area contributed by atoms with Gasteiger partial charge in [-0.1, -0.05) is 65.2 Å². The molecule has 0 saturated carbocycles. The van der Waals surface area contributed by atoms with Crippen molar-refractivity contribution in [3.63, 3.8) is 0 Å². The van der Waals surface area contributed by atoms with Crippen LogP contribution in [0.15, 0.2) is 0 Å². The van der Waals surface area contributed by atoms with E-state index in [1.165, 1.54) is 44.9 Å². The molecule has 4 nitrogen and oxygen atoms in total. The summed E-state index contributed by atoms with van der Waals surface area (Å²) in [6.07, 6.45) is 12.7. The summed E-state index contributed by atoms with van der Waals surface area (Å²) in [5.74, 6) is -0.0487. The summed E-state index contributed by atoms with van der Waals surface area (Å²) in [4.78, 5) is 11.7. The van der Waals surface area contributed by atoms with Gasteiger partial charge in [0.15, 0.2) is 6.73 Å². The zero-order chi connectivity index (χ0) is 18.1. The van der Waals surface area contributed by atoms with Crippen molar-refractivity contribution in [3.8, 4) is 0 Å². The van der Waals surface area contributed by atoms with E-state index in [9.17, 15) is 4.79 Å². The number of carbonyl (C=O) groups is 1. The molecule has 0 unspecified atom stereocenters. The molecule has 0 N–H and O–H groups in total. The molecule has 0 radical (unpaired) electrons. The quantitative estimate of drug-likeness (QED) is 0.163. The highest BCUT2D eigenvalue weighted by Crippen LogP contribution is 2.09. The van der Waals surface area contributed by atoms with E-state index in [1.807, 2.05) is 0 Å². The van der Waals surface area contributed by atoms with Crippen molar-refractivity contribution in [1.82, 2.24) is 0 Å². The SMILES string of the molecule is CCCCCCCCCC(=O)OCC[N+](C)(C)COCCCCC. The number of likely N-dealkylation sites (N-methyl/N-ethyl adjacent to an activating group) is 1. The van der Waals surface area contributed by atoms with Crippen LogP contribution in [0.25, 0.3) is 0 Å². The van der Waals surface area contributed by atoms with E-state index in [0.29, 0.717) is 19.8 Å². The third-order valence-corrected chi connectivity index (χ3v) is 4.28. The van der Waals surface area contributed by atoms with Gasteiger partial charge in [-0.25, -0.2) is 0 Å². The molecule has 0 aromatic heterocycles. The fourth-order valence-electron chi connectivity index (χ4n) is 2.54. The predicted octanol–water partition coefficient (Wildman–Crippen LogP) is 4.91. The van der Waals surface area contributed by atoms with Gasteiger partial charge in [0.25, 0.3) is 0 Å². The van der Waals surface area contributed by atoms with Gasteiger partial charge in [0, 0.05) is 6.42 Å². The van der Waals surface area contributed by atoms with Crippen LogP contribution in [-0.4, -0.2) is 51.0 Å². The smallest absolute Gasteiger partial charge is 0.305 e. The molecule has 0 aromatic carbocycles. The van der Waals surface area contributed by atoms with Crippen LogP contribution in [0.1, 0.15) is 84.5 Å². The molecular weight excluding hydrogens is 302 g/mol. The minimum atomic E-state index is -0.0487. The van der Waals surface area contributed by atoms with Crippen LogP contribution in [0.2, 0.25) is 0 Å². The molecular formula is C20H42NO3+. The van der Waals surface area contributed by atoms with Gasteiger partial charge >= 0.3 is 5.97 Å². The summed E-state index contributed by atoms with van der Waals surface area (Å²) in [5, 5.41) is 0. The van der Waals surface area contributed by atoms with Crippen LogP contribution < -0.4 is 0 Å². The third-order valence-electron chi connectivity index (χ3n) is 4.28. The van der Waals surface area contributed by atoms with Crippen LogP contribution in [0.4, 0.5) is 0 Å². The van der Waals surface area contributed by atoms with Gasteiger partial charge in [-0.2, -0.15) is 0 Å². The monoisotopic (exact) mass is 344 g/mol. The van der Waals surface area contributed by atoms with E-state index in [0.717, 1.165) is 36.9 Å². The van der Waals surface area contributed by atoms with Crippen LogP contribution in [0.5, 0.6) is 0 Å². The second-order valence-electron chi connectivity index (χ2n) is 7.50. The highest BCUT2D eigenvalue weighted by atomic mass is 16.5. The lowest BCUT2D eigenvalue weighted by Crippen LogP contribution is -2.44. The minimum Gasteiger partial charge on any atom is -0.460 e. The Morgan fingerprint density at radius 3 is 2.04 bits per heavy atom. The molecule has 0 heterocycles. The molecule has 0 amide bonds. The van der Waals surface area contributed by atoms with Crippen molar-refractivity contribution in [2.24, 2.45) is 0 Å². The van der Waals surface area contributed by atoms with Gasteiger partial charge in [0.05, 0.1) is 20.7 Å². The van der Waals surface area contributed by atoms with Crippen molar-refractivity contribution >= 4 is 5.97 Å². The minimum absolute atomic E-state index is 0.0487. The Labute approximate surface area is 150 Å². The zero-order valence-corrected chi connectivity index (χ0v) is 16.8. The highest BCUT2D eigenvalue weighted by Gasteiger charge is 2.16. The number of rotatable bonds is 17. The van der Waals surface area contributed by atoms with Gasteiger partial charge in [-0.05, 0) is 12.8 Å². The number of quaternary nitrogens is 1. The molecule has 24 heavy (non-hydrogen) atoms. The molecule has 0 saturated heterocycles. The summed E-state index contributed by atoms with van der Waals surface area (Å²) in [5.41, 5.74) is 0. The van der Waals surface area contributed by atoms with Gasteiger partial charge < -0.3 is 14.0 Å². The van der Waals surface area contributed by atoms with Crippen molar-refractivity contribution in [1.29, 1.82) is 0 Å². The molecule has 0 aliphatic carbocycles. The predicted molar refractivity (Wildman–Crippen MR) is 101 cm³/mol. The second kappa shape index (κ2) is 15.9. The molecule has 0 spiro atoms. The number of hydrogen-bond acceptors (Lipinski definition) is 3. The first-order valence-electron chi connectivity index (χ1n) is 10.1. The fourth-order valence-corrected chi connectivity index (χ4v) is 2.54. The van der Waals surface area contributed by atoms with Crippen LogP contribution in [0, 0.1) is 0 Å². The summed E-state index contributed by atoms with van der Waals surface area (Å²) >= 11 is 0. The maximum atomic E-state index is 11.7. The molecule has 0 aliphatic rings. The first-order chi connectivity index (χ1) is 11.5. The summed E-state index contributed by atoms with van der Waals surface area (Å²) in [6.45, 7) is 7.22. The van der Waals surface area contributed by atoms with E-state index in [1.54, 1.807) is 0 Å². The average molecular weight is 345 g/mol. The van der Waals surface area contributed by atoms with E-state index in [2.05, 4.69) is 27.9 Å². The summed E-state index contributed by atoms with van der Waals surface area (Å²) in [6, 6.07) is 0. The standard InChI is InChI=1S/C20H42NO3/c1-5-7-9-10-11-12-13-15-20(22)24-18-16-21(3,4)19-23-17-14-8-6-2/h5-19H2,1-4H3/q+1. The van der Waals surface area contributed by atoms with Gasteiger partial charge in [-0.15, -0.1) is 0 Å². The van der Waals surface area contributed by atoms with Crippen LogP contribution in [0.3, 0.4) is 0 Å². The fraction of sp³-hybridized carbons (Fsp3) is 0.950. The number of hydrogen-bond donors (Lipinski definition) is 0. The third kappa shape index (κ3) is 16.3. The van der Waals surface area contributed by atoms with Crippen molar-refractivity contribution in [3.05, 3.63) is 0 Å². The first-order valence-corrected chi connectivity index (χ1v) is 10.1. The van der Waals surface area contributed by atoms with Crippen molar-refractivity contribution in [2.45, 2.75) is 84.5 Å². The lowest BCUT2D eigenvalue weighted by atomic mass is 10.1. The summed E-state index contributed by atoms with van der Waals surface area (Å²) in [7, 11) is 4.23. The number of esters is 1. The molecule has 0 aliphatic heterocycles. The van der Waals surface area contributed by atoms with Crippen LogP contribution >= 0.6 is 0 Å². The average Bonchev–Trinajstić information content (AvgIpc) is 2.53. The summed E-state index contributed by atoms with van der Waals surface area (Å²) < 4.78 is 11.8. The molecule has 0 fully saturated rings. The Balaban J connectivity index is 3.51. The molecule has 0 atom stereocenters. The molecule has 0 aromatic rings. The number of nitrogens with zero attached hydrogens (tertiary/aromatic N) is 1. The molecule has 4 heteroatoms. The normalized spacial score (nSPS) is 11.7. The maximum Gasteiger partial charge on any atom is 0.305 e. The molecule has 144 valence electrons. The Bertz CT molecular complexity index is 293. The largest absolute Gasteiger partial charge is 0.460 e. The van der Waals surface area contributed by atoms with Crippen molar-refractivity contribution in [2.75, 3.05) is 40.6 Å². The Hall–Kier alpha value is -0.610. The first kappa shape index (κ1) is 23.4. The van der Waals surface area contributed by atoms with E-state index in [4.69, 9.17) is 9.47 Å². The lowest BCUT2D eigenvalue weighted by molar-refractivity contribution is -0.909. The van der Waals surface area contributed by atoms with E-state index >= 15 is 0 Å². The van der Waals surface area contributed by atoms with Gasteiger partial charge in [0.1, 0.15) is 13.2 Å². The Kier molecular flexibility index (Phi) is 15.5. The number of unbranched alkanes of at least 4 members (excludes halogenated alkanes) is 8. The highest BCUT2D eigenvalue weighted by molar-refractivity contribution is 5.69. The zero-order valence-electron chi connectivity index (χ0n) is 16.8. The van der Waals surface area contributed by atoms with Gasteiger partial charge in [0.2, 0.25) is 0 Å². The van der Waals surface area contributed by atoms with Gasteiger partial charge in [-0.3, -0.25) is 4.79 Å². The molecule has 0 rings (SSSR count).